The number of aromatic nitrogens is 4. The number of piperidine rings is 1. The lowest BCUT2D eigenvalue weighted by molar-refractivity contribution is -0.141. The summed E-state index contributed by atoms with van der Waals surface area (Å²) in [4.78, 5) is 25.1. The Balaban J connectivity index is 0.930. The number of carbonyl (C=O) groups is 1. The molecule has 4 heterocycles. The fourth-order valence-corrected chi connectivity index (χ4v) is 6.40. The summed E-state index contributed by atoms with van der Waals surface area (Å²) in [5, 5.41) is 6.31. The minimum Gasteiger partial charge on any atom is -0.493 e. The number of alkyl halides is 3. The van der Waals surface area contributed by atoms with Crippen LogP contribution in [-0.4, -0.2) is 57.2 Å². The molecule has 2 fully saturated rings. The van der Waals surface area contributed by atoms with E-state index in [0.717, 1.165) is 38.3 Å². The van der Waals surface area contributed by atoms with Gasteiger partial charge in [0.1, 0.15) is 11.6 Å². The quantitative estimate of drug-likeness (QED) is 0.343. The Morgan fingerprint density at radius 1 is 1.14 bits per heavy atom. The van der Waals surface area contributed by atoms with Gasteiger partial charge in [-0.2, -0.15) is 18.3 Å². The van der Waals surface area contributed by atoms with Crippen LogP contribution in [0.2, 0.25) is 5.02 Å². The molecule has 8 nitrogen and oxygen atoms in total. The van der Waals surface area contributed by atoms with Crippen molar-refractivity contribution in [3.8, 4) is 5.75 Å². The number of H-pyrrole nitrogens is 1. The number of halogens is 5. The van der Waals surface area contributed by atoms with Gasteiger partial charge in [0.15, 0.2) is 5.69 Å². The van der Waals surface area contributed by atoms with Gasteiger partial charge >= 0.3 is 6.18 Å². The van der Waals surface area contributed by atoms with Gasteiger partial charge in [0, 0.05) is 31.3 Å². The van der Waals surface area contributed by atoms with Crippen molar-refractivity contribution in [3.63, 3.8) is 0 Å². The largest absolute Gasteiger partial charge is 0.493 e. The topological polar surface area (TPSA) is 87.2 Å². The maximum atomic E-state index is 14.8. The number of ether oxygens (including phenoxy) is 1. The number of carbonyl (C=O) groups excluding carboxylic acids is 1. The van der Waals surface area contributed by atoms with Crippen LogP contribution in [-0.2, 0) is 30.4 Å². The molecule has 0 unspecified atom stereocenters. The number of nitrogens with zero attached hydrogens (tertiary/aromatic N) is 5. The fourth-order valence-electron chi connectivity index (χ4n) is 6.31. The Hall–Kier alpha value is -3.41. The molecule has 0 spiro atoms. The van der Waals surface area contributed by atoms with E-state index in [9.17, 15) is 22.4 Å². The van der Waals surface area contributed by atoms with Crippen molar-refractivity contribution >= 4 is 23.5 Å². The summed E-state index contributed by atoms with van der Waals surface area (Å²) < 4.78 is 59.9. The van der Waals surface area contributed by atoms with E-state index in [1.807, 2.05) is 0 Å². The number of amides is 1. The van der Waals surface area contributed by atoms with Crippen LogP contribution in [0.1, 0.15) is 48.2 Å². The number of aromatic amines is 1. The Morgan fingerprint density at radius 3 is 2.62 bits per heavy atom. The van der Waals surface area contributed by atoms with Gasteiger partial charge in [0.2, 0.25) is 11.9 Å². The van der Waals surface area contributed by atoms with E-state index in [-0.39, 0.29) is 48.7 Å². The first-order valence-electron chi connectivity index (χ1n) is 14.2. The first-order valence-corrected chi connectivity index (χ1v) is 14.6. The van der Waals surface area contributed by atoms with Crippen LogP contribution < -0.4 is 9.64 Å². The van der Waals surface area contributed by atoms with Crippen LogP contribution in [0, 0.1) is 23.6 Å². The molecule has 42 heavy (non-hydrogen) atoms. The molecule has 13 heteroatoms. The van der Waals surface area contributed by atoms with Crippen LogP contribution in [0.4, 0.5) is 23.5 Å². The van der Waals surface area contributed by atoms with E-state index in [0.29, 0.717) is 35.1 Å². The average molecular weight is 607 g/mol. The molecule has 1 saturated carbocycles. The summed E-state index contributed by atoms with van der Waals surface area (Å²) in [6.45, 7) is 2.46. The third-order valence-electron chi connectivity index (χ3n) is 8.69. The summed E-state index contributed by atoms with van der Waals surface area (Å²) in [5.74, 6) is 2.23. The maximum absolute atomic E-state index is 14.8. The molecule has 1 amide bonds. The van der Waals surface area contributed by atoms with Crippen molar-refractivity contribution in [1.29, 1.82) is 0 Å². The highest BCUT2D eigenvalue weighted by Crippen LogP contribution is 2.50. The number of benzene rings is 1. The lowest BCUT2D eigenvalue weighted by Crippen LogP contribution is -2.37. The predicted octanol–water partition coefficient (Wildman–Crippen LogP) is 5.46. The van der Waals surface area contributed by atoms with Crippen molar-refractivity contribution in [1.82, 2.24) is 25.1 Å². The van der Waals surface area contributed by atoms with Gasteiger partial charge in [0.05, 0.1) is 42.7 Å². The number of hydrogen-bond acceptors (Lipinski definition) is 6. The Labute approximate surface area is 245 Å². The first kappa shape index (κ1) is 28.7. The second-order valence-electron chi connectivity index (χ2n) is 11.3. The molecule has 2 atom stereocenters. The van der Waals surface area contributed by atoms with Crippen LogP contribution in [0.15, 0.2) is 30.6 Å². The second-order valence-corrected chi connectivity index (χ2v) is 11.8. The first-order chi connectivity index (χ1) is 20.2. The lowest BCUT2D eigenvalue weighted by atomic mass is 9.90. The van der Waals surface area contributed by atoms with Gasteiger partial charge in [-0.3, -0.25) is 9.89 Å². The number of anilines is 1. The fraction of sp³-hybridized carbons (Fsp3) is 0.517. The summed E-state index contributed by atoms with van der Waals surface area (Å²) in [6, 6.07) is 4.48. The van der Waals surface area contributed by atoms with E-state index in [1.165, 1.54) is 23.5 Å². The highest BCUT2D eigenvalue weighted by atomic mass is 35.5. The van der Waals surface area contributed by atoms with Gasteiger partial charge in [0.25, 0.3) is 0 Å². The standard InChI is InChI=1S/C29H31ClF4N6O2/c30-20-14-35-28(36-15-20)39-7-3-17(4-8-39)23-11-18(23)6-10-42-21-2-1-19(24(31)13-21)12-26(41)40-9-5-22-25(16-40)37-38-27(22)29(32,33)34/h1-2,13-15,17-18,23H,3-12,16H2,(H,37,38)/t18-,23-/m1/s1. The second kappa shape index (κ2) is 11.7. The zero-order valence-electron chi connectivity index (χ0n) is 22.8. The zero-order valence-corrected chi connectivity index (χ0v) is 23.6. The molecule has 1 aromatic carbocycles. The smallest absolute Gasteiger partial charge is 0.435 e. The molecule has 1 saturated heterocycles. The number of hydrogen-bond donors (Lipinski definition) is 1. The van der Waals surface area contributed by atoms with Crippen LogP contribution >= 0.6 is 11.6 Å². The minimum atomic E-state index is -4.54. The molecule has 2 aliphatic heterocycles. The monoisotopic (exact) mass is 606 g/mol. The van der Waals surface area contributed by atoms with Gasteiger partial charge in [-0.15, -0.1) is 0 Å². The summed E-state index contributed by atoms with van der Waals surface area (Å²) >= 11 is 5.89. The summed E-state index contributed by atoms with van der Waals surface area (Å²) in [7, 11) is 0. The molecule has 224 valence electrons. The molecular formula is C29H31ClF4N6O2. The van der Waals surface area contributed by atoms with Crippen molar-refractivity contribution in [2.75, 3.05) is 31.1 Å². The van der Waals surface area contributed by atoms with Gasteiger partial charge in [-0.25, -0.2) is 14.4 Å². The Morgan fingerprint density at radius 2 is 1.90 bits per heavy atom. The highest BCUT2D eigenvalue weighted by molar-refractivity contribution is 6.30. The van der Waals surface area contributed by atoms with Crippen molar-refractivity contribution < 1.29 is 27.1 Å². The number of rotatable bonds is 8. The third-order valence-corrected chi connectivity index (χ3v) is 8.89. The van der Waals surface area contributed by atoms with Gasteiger partial charge < -0.3 is 14.5 Å². The van der Waals surface area contributed by atoms with Crippen molar-refractivity contribution in [3.05, 3.63) is 63.9 Å². The van der Waals surface area contributed by atoms with E-state index >= 15 is 0 Å². The maximum Gasteiger partial charge on any atom is 0.435 e. The molecule has 2 aromatic heterocycles. The molecule has 1 aliphatic carbocycles. The average Bonchev–Trinajstić information content (AvgIpc) is 3.60. The summed E-state index contributed by atoms with van der Waals surface area (Å²) in [5.41, 5.74) is -0.362. The van der Waals surface area contributed by atoms with Crippen molar-refractivity contribution in [2.45, 2.75) is 51.2 Å². The predicted molar refractivity (Wildman–Crippen MR) is 147 cm³/mol. The van der Waals surface area contributed by atoms with Crippen LogP contribution in [0.5, 0.6) is 5.75 Å². The normalized spacial score (nSPS) is 20.9. The van der Waals surface area contributed by atoms with Crippen LogP contribution in [0.3, 0.4) is 0 Å². The highest BCUT2D eigenvalue weighted by Gasteiger charge is 2.43. The third kappa shape index (κ3) is 6.33. The summed E-state index contributed by atoms with van der Waals surface area (Å²) in [6.07, 6.45) is 2.87. The Bertz CT molecular complexity index is 1420. The lowest BCUT2D eigenvalue weighted by Gasteiger charge is -2.32. The molecular weight excluding hydrogens is 576 g/mol. The Kier molecular flexibility index (Phi) is 7.99. The van der Waals surface area contributed by atoms with E-state index in [4.69, 9.17) is 16.3 Å². The van der Waals surface area contributed by atoms with E-state index in [2.05, 4.69) is 25.1 Å². The molecule has 3 aliphatic rings. The minimum absolute atomic E-state index is 0.0158. The molecule has 0 bridgehead atoms. The van der Waals surface area contributed by atoms with Crippen molar-refractivity contribution in [2.24, 2.45) is 17.8 Å². The van der Waals surface area contributed by atoms with E-state index in [1.54, 1.807) is 18.5 Å². The molecule has 1 N–H and O–H groups in total. The molecule has 3 aromatic rings. The van der Waals surface area contributed by atoms with Gasteiger partial charge in [-0.1, -0.05) is 17.7 Å². The molecule has 0 radical (unpaired) electrons. The van der Waals surface area contributed by atoms with Crippen LogP contribution in [0.25, 0.3) is 0 Å². The van der Waals surface area contributed by atoms with Gasteiger partial charge in [-0.05, 0) is 61.5 Å². The van der Waals surface area contributed by atoms with E-state index < -0.39 is 17.7 Å². The number of fused-ring (bicyclic) bond motifs is 1. The molecule has 6 rings (SSSR count). The SMILES string of the molecule is O=C(Cc1ccc(OCC[C@@H]2C[C@@H]2C2CCN(c3ncc(Cl)cn3)CC2)cc1F)N1CCc2c(C(F)(F)F)n[nH]c2C1. The zero-order chi connectivity index (χ0) is 29.4. The number of nitrogens with one attached hydrogen (secondary N) is 1.